The topological polar surface area (TPSA) is 43.4 Å². The number of fused-ring (bicyclic) bond motifs is 1. The third kappa shape index (κ3) is 3.10. The van der Waals surface area contributed by atoms with Crippen LogP contribution in [0.25, 0.3) is 0 Å². The number of ether oxygens (including phenoxy) is 1. The summed E-state index contributed by atoms with van der Waals surface area (Å²) in [7, 11) is 0. The van der Waals surface area contributed by atoms with Gasteiger partial charge in [-0.1, -0.05) is 46.3 Å². The van der Waals surface area contributed by atoms with Crippen LogP contribution in [-0.2, 0) is 20.7 Å². The van der Waals surface area contributed by atoms with E-state index < -0.39 is 5.41 Å². The van der Waals surface area contributed by atoms with Crippen LogP contribution in [-0.4, -0.2) is 23.2 Å². The third-order valence-electron chi connectivity index (χ3n) is 5.57. The van der Waals surface area contributed by atoms with Gasteiger partial charge in [0.1, 0.15) is 0 Å². The van der Waals surface area contributed by atoms with Gasteiger partial charge in [0.05, 0.1) is 17.9 Å². The Labute approximate surface area is 145 Å². The lowest BCUT2D eigenvalue weighted by Gasteiger charge is -2.54. The first-order valence-corrected chi connectivity index (χ1v) is 9.36. The van der Waals surface area contributed by atoms with Crippen molar-refractivity contribution in [3.05, 3.63) is 35.9 Å². The van der Waals surface area contributed by atoms with Gasteiger partial charge in [0.15, 0.2) is 5.78 Å². The van der Waals surface area contributed by atoms with Crippen LogP contribution in [0, 0.1) is 17.3 Å². The van der Waals surface area contributed by atoms with Crippen molar-refractivity contribution in [1.82, 2.24) is 0 Å². The van der Waals surface area contributed by atoms with Crippen LogP contribution in [0.2, 0.25) is 0 Å². The molecule has 4 heteroatoms. The molecule has 1 aromatic carbocycles. The Morgan fingerprint density at radius 2 is 2.09 bits per heavy atom. The lowest BCUT2D eigenvalue weighted by molar-refractivity contribution is -0.161. The van der Waals surface area contributed by atoms with Crippen LogP contribution in [0.3, 0.4) is 0 Å². The zero-order chi connectivity index (χ0) is 16.4. The van der Waals surface area contributed by atoms with Crippen LogP contribution in [0.1, 0.15) is 38.2 Å². The van der Waals surface area contributed by atoms with Gasteiger partial charge in [0, 0.05) is 5.41 Å². The van der Waals surface area contributed by atoms with Gasteiger partial charge in [0.2, 0.25) is 0 Å². The number of ketones is 1. The zero-order valence-corrected chi connectivity index (χ0v) is 15.1. The Bertz CT molecular complexity index is 586. The zero-order valence-electron chi connectivity index (χ0n) is 13.5. The van der Waals surface area contributed by atoms with Crippen molar-refractivity contribution in [2.24, 2.45) is 17.3 Å². The van der Waals surface area contributed by atoms with Crippen molar-refractivity contribution in [2.75, 3.05) is 6.61 Å². The van der Waals surface area contributed by atoms with Gasteiger partial charge in [-0.15, -0.1) is 0 Å². The van der Waals surface area contributed by atoms with E-state index in [0.717, 1.165) is 25.7 Å². The summed E-state index contributed by atoms with van der Waals surface area (Å²) >= 11 is 3.64. The van der Waals surface area contributed by atoms with Crippen LogP contribution >= 0.6 is 15.9 Å². The summed E-state index contributed by atoms with van der Waals surface area (Å²) in [6.07, 6.45) is 4.06. The molecule has 23 heavy (non-hydrogen) atoms. The Balaban J connectivity index is 1.72. The monoisotopic (exact) mass is 378 g/mol. The van der Waals surface area contributed by atoms with Gasteiger partial charge >= 0.3 is 5.97 Å². The highest BCUT2D eigenvalue weighted by molar-refractivity contribution is 9.10. The van der Waals surface area contributed by atoms with Gasteiger partial charge in [-0.05, 0) is 50.0 Å². The standard InChI is InChI=1S/C19H23BrO3/c1-2-23-16(21)12-19-9-8-15(19)11-14(17(20)18(19)22)10-13-6-4-3-5-7-13/h3-7,14-15,17H,2,8-12H2,1H3/t14?,15-,17?,19+/m1/s1. The Hall–Kier alpha value is -1.16. The summed E-state index contributed by atoms with van der Waals surface area (Å²) in [6, 6.07) is 10.3. The molecule has 0 N–H and O–H groups in total. The van der Waals surface area contributed by atoms with E-state index in [9.17, 15) is 9.59 Å². The van der Waals surface area contributed by atoms with Crippen LogP contribution in [0.4, 0.5) is 0 Å². The minimum Gasteiger partial charge on any atom is -0.466 e. The molecule has 2 fully saturated rings. The molecule has 0 radical (unpaired) electrons. The number of carbonyl (C=O) groups is 2. The van der Waals surface area contributed by atoms with Crippen molar-refractivity contribution >= 4 is 27.7 Å². The maximum atomic E-state index is 13.0. The summed E-state index contributed by atoms with van der Waals surface area (Å²) < 4.78 is 5.09. The molecule has 1 aromatic rings. The van der Waals surface area contributed by atoms with E-state index in [0.29, 0.717) is 18.4 Å². The summed E-state index contributed by atoms with van der Waals surface area (Å²) in [6.45, 7) is 2.18. The molecule has 2 saturated carbocycles. The van der Waals surface area contributed by atoms with Crippen molar-refractivity contribution in [3.8, 4) is 0 Å². The Kier molecular flexibility index (Phi) is 4.90. The third-order valence-corrected chi connectivity index (χ3v) is 6.73. The van der Waals surface area contributed by atoms with E-state index in [-0.39, 0.29) is 23.0 Å². The van der Waals surface area contributed by atoms with E-state index in [1.165, 1.54) is 5.56 Å². The lowest BCUT2D eigenvalue weighted by Crippen LogP contribution is -2.57. The van der Waals surface area contributed by atoms with Crippen LogP contribution in [0.5, 0.6) is 0 Å². The van der Waals surface area contributed by atoms with Crippen molar-refractivity contribution < 1.29 is 14.3 Å². The van der Waals surface area contributed by atoms with Crippen LogP contribution < -0.4 is 0 Å². The molecule has 2 aliphatic carbocycles. The number of halogens is 1. The maximum Gasteiger partial charge on any atom is 0.306 e. The van der Waals surface area contributed by atoms with Gasteiger partial charge in [-0.3, -0.25) is 9.59 Å². The molecular weight excluding hydrogens is 356 g/mol. The maximum absolute atomic E-state index is 13.0. The summed E-state index contributed by atoms with van der Waals surface area (Å²) in [5.41, 5.74) is 0.806. The summed E-state index contributed by atoms with van der Waals surface area (Å²) in [5, 5.41) is 0. The predicted molar refractivity (Wildman–Crippen MR) is 92.4 cm³/mol. The number of carbonyl (C=O) groups excluding carboxylic acids is 2. The second-order valence-electron chi connectivity index (χ2n) is 6.83. The fraction of sp³-hybridized carbons (Fsp3) is 0.579. The van der Waals surface area contributed by atoms with E-state index in [2.05, 4.69) is 28.1 Å². The molecule has 0 heterocycles. The number of rotatable bonds is 5. The molecule has 3 nitrogen and oxygen atoms in total. The molecule has 2 unspecified atom stereocenters. The number of benzene rings is 1. The number of esters is 1. The number of hydrogen-bond acceptors (Lipinski definition) is 3. The molecule has 4 atom stereocenters. The van der Waals surface area contributed by atoms with Crippen molar-refractivity contribution in [3.63, 3.8) is 0 Å². The minimum atomic E-state index is -0.465. The highest BCUT2D eigenvalue weighted by Crippen LogP contribution is 2.58. The molecule has 0 aromatic heterocycles. The second kappa shape index (κ2) is 6.76. The fourth-order valence-electron chi connectivity index (χ4n) is 4.23. The molecule has 0 bridgehead atoms. The number of hydrogen-bond donors (Lipinski definition) is 0. The van der Waals surface area contributed by atoms with E-state index in [1.54, 1.807) is 6.92 Å². The first-order chi connectivity index (χ1) is 11.1. The van der Waals surface area contributed by atoms with Gasteiger partial charge in [0.25, 0.3) is 0 Å². The predicted octanol–water partition coefficient (Wildman–Crippen LogP) is 3.93. The molecule has 124 valence electrons. The number of alkyl halides is 1. The van der Waals surface area contributed by atoms with Crippen molar-refractivity contribution in [1.29, 1.82) is 0 Å². The molecule has 2 aliphatic rings. The molecule has 0 amide bonds. The molecule has 0 saturated heterocycles. The highest BCUT2D eigenvalue weighted by atomic mass is 79.9. The first kappa shape index (κ1) is 16.7. The van der Waals surface area contributed by atoms with E-state index in [4.69, 9.17) is 4.74 Å². The Morgan fingerprint density at radius 1 is 1.35 bits per heavy atom. The first-order valence-electron chi connectivity index (χ1n) is 8.44. The van der Waals surface area contributed by atoms with Crippen LogP contribution in [0.15, 0.2) is 30.3 Å². The normalized spacial score (nSPS) is 32.8. The fourth-order valence-corrected chi connectivity index (χ4v) is 5.09. The molecule has 0 aliphatic heterocycles. The average Bonchev–Trinajstić information content (AvgIpc) is 2.54. The molecule has 3 rings (SSSR count). The van der Waals surface area contributed by atoms with Gasteiger partial charge in [-0.2, -0.15) is 0 Å². The SMILES string of the molecule is CCOC(=O)C[C@@]12CC[C@@H]1CC(Cc1ccccc1)C(Br)C2=O. The second-order valence-corrected chi connectivity index (χ2v) is 7.81. The lowest BCUT2D eigenvalue weighted by atomic mass is 9.49. The minimum absolute atomic E-state index is 0.159. The number of Topliss-reactive ketones (excluding diaryl/α,β-unsaturated/α-hetero) is 1. The Morgan fingerprint density at radius 3 is 2.70 bits per heavy atom. The quantitative estimate of drug-likeness (QED) is 0.575. The highest BCUT2D eigenvalue weighted by Gasteiger charge is 2.59. The smallest absolute Gasteiger partial charge is 0.306 e. The molecular formula is C19H23BrO3. The largest absolute Gasteiger partial charge is 0.466 e. The van der Waals surface area contributed by atoms with Gasteiger partial charge < -0.3 is 4.74 Å². The van der Waals surface area contributed by atoms with Crippen molar-refractivity contribution in [2.45, 2.75) is 43.9 Å². The summed E-state index contributed by atoms with van der Waals surface area (Å²) in [4.78, 5) is 24.8. The van der Waals surface area contributed by atoms with E-state index in [1.807, 2.05) is 18.2 Å². The summed E-state index contributed by atoms with van der Waals surface area (Å²) in [5.74, 6) is 0.633. The van der Waals surface area contributed by atoms with Gasteiger partial charge in [-0.25, -0.2) is 0 Å². The average molecular weight is 379 g/mol. The van der Waals surface area contributed by atoms with E-state index >= 15 is 0 Å². The molecule has 0 spiro atoms.